The molecule has 25 heavy (non-hydrogen) atoms. The molecule has 0 aliphatic carbocycles. The molecule has 2 aromatic carbocycles. The first-order valence-corrected chi connectivity index (χ1v) is 7.65. The van der Waals surface area contributed by atoms with Gasteiger partial charge in [-0.1, -0.05) is 6.07 Å². The number of hydrogen-bond donors (Lipinski definition) is 1. The van der Waals surface area contributed by atoms with Crippen molar-refractivity contribution in [3.63, 3.8) is 0 Å². The Kier molecular flexibility index (Phi) is 5.84. The molecular weight excluding hydrogens is 322 g/mol. The van der Waals surface area contributed by atoms with E-state index in [2.05, 4.69) is 10.5 Å². The first-order chi connectivity index (χ1) is 11.9. The van der Waals surface area contributed by atoms with Crippen LogP contribution < -0.4 is 10.2 Å². The zero-order valence-corrected chi connectivity index (χ0v) is 14.3. The Morgan fingerprint density at radius 2 is 1.84 bits per heavy atom. The van der Waals surface area contributed by atoms with Gasteiger partial charge in [0.1, 0.15) is 5.75 Å². The van der Waals surface area contributed by atoms with E-state index in [1.54, 1.807) is 25.1 Å². The van der Waals surface area contributed by atoms with E-state index in [0.717, 1.165) is 11.1 Å². The van der Waals surface area contributed by atoms with E-state index in [1.807, 2.05) is 26.0 Å². The highest BCUT2D eigenvalue weighted by Crippen LogP contribution is 2.16. The van der Waals surface area contributed by atoms with Gasteiger partial charge in [-0.25, -0.2) is 5.43 Å². The molecule has 2 rings (SSSR count). The van der Waals surface area contributed by atoms with Crippen LogP contribution in [0.4, 0.5) is 5.69 Å². The quantitative estimate of drug-likeness (QED) is 0.496. The number of nitrogens with one attached hydrogen (secondary N) is 1. The van der Waals surface area contributed by atoms with Crippen molar-refractivity contribution in [2.24, 2.45) is 5.10 Å². The summed E-state index contributed by atoms with van der Waals surface area (Å²) in [6.45, 7) is 5.52. The third kappa shape index (κ3) is 5.13. The van der Waals surface area contributed by atoms with Gasteiger partial charge in [0, 0.05) is 12.1 Å². The summed E-state index contributed by atoms with van der Waals surface area (Å²) < 4.78 is 5.43. The van der Waals surface area contributed by atoms with Crippen LogP contribution in [0.2, 0.25) is 0 Å². The number of nitro benzene ring substituents is 1. The van der Waals surface area contributed by atoms with Crippen LogP contribution in [0, 0.1) is 24.0 Å². The molecule has 0 heterocycles. The number of carbonyl (C=O) groups excluding carboxylic acids is 1. The van der Waals surface area contributed by atoms with Crippen LogP contribution in [-0.2, 0) is 4.79 Å². The smallest absolute Gasteiger partial charge is 0.277 e. The lowest BCUT2D eigenvalue weighted by Crippen LogP contribution is -2.25. The Morgan fingerprint density at radius 1 is 1.16 bits per heavy atom. The number of nitrogens with zero attached hydrogens (tertiary/aromatic N) is 2. The van der Waals surface area contributed by atoms with Gasteiger partial charge in [-0.3, -0.25) is 14.9 Å². The molecule has 0 unspecified atom stereocenters. The van der Waals surface area contributed by atoms with Gasteiger partial charge in [-0.05, 0) is 61.7 Å². The molecule has 0 saturated carbocycles. The molecule has 0 bridgehead atoms. The Morgan fingerprint density at radius 3 is 2.44 bits per heavy atom. The average Bonchev–Trinajstić information content (AvgIpc) is 2.60. The molecular formula is C18H19N3O4. The van der Waals surface area contributed by atoms with E-state index in [9.17, 15) is 14.9 Å². The van der Waals surface area contributed by atoms with Crippen LogP contribution in [0.15, 0.2) is 47.6 Å². The molecule has 2 aromatic rings. The predicted octanol–water partition coefficient (Wildman–Crippen LogP) is 3.13. The molecule has 0 aliphatic heterocycles. The Labute approximate surface area is 145 Å². The van der Waals surface area contributed by atoms with Gasteiger partial charge in [0.2, 0.25) is 0 Å². The highest BCUT2D eigenvalue weighted by Gasteiger charge is 2.07. The van der Waals surface area contributed by atoms with Crippen molar-refractivity contribution in [1.29, 1.82) is 0 Å². The van der Waals surface area contributed by atoms with E-state index in [1.165, 1.54) is 12.1 Å². The van der Waals surface area contributed by atoms with Gasteiger partial charge in [0.05, 0.1) is 10.6 Å². The number of non-ortho nitro benzene ring substituents is 1. The molecule has 7 heteroatoms. The second-order valence-electron chi connectivity index (χ2n) is 5.57. The monoisotopic (exact) mass is 341 g/mol. The van der Waals surface area contributed by atoms with Gasteiger partial charge < -0.3 is 4.74 Å². The minimum atomic E-state index is -0.470. The minimum absolute atomic E-state index is 0.00220. The number of carbonyl (C=O) groups is 1. The Balaban J connectivity index is 1.90. The maximum atomic E-state index is 11.8. The molecule has 1 N–H and O–H groups in total. The minimum Gasteiger partial charge on any atom is -0.484 e. The normalized spacial score (nSPS) is 11.1. The number of hydrogen-bond acceptors (Lipinski definition) is 5. The highest BCUT2D eigenvalue weighted by atomic mass is 16.6. The van der Waals surface area contributed by atoms with Crippen molar-refractivity contribution in [2.75, 3.05) is 6.61 Å². The number of benzene rings is 2. The van der Waals surface area contributed by atoms with Crippen molar-refractivity contribution in [3.05, 3.63) is 69.3 Å². The fraction of sp³-hybridized carbons (Fsp3) is 0.222. The van der Waals surface area contributed by atoms with Crippen molar-refractivity contribution < 1.29 is 14.5 Å². The van der Waals surface area contributed by atoms with Gasteiger partial charge in [0.25, 0.3) is 11.6 Å². The summed E-state index contributed by atoms with van der Waals surface area (Å²) in [5.74, 6) is 0.230. The van der Waals surface area contributed by atoms with Crippen molar-refractivity contribution >= 4 is 17.3 Å². The number of ether oxygens (including phenoxy) is 1. The van der Waals surface area contributed by atoms with Crippen LogP contribution >= 0.6 is 0 Å². The van der Waals surface area contributed by atoms with Gasteiger partial charge in [-0.2, -0.15) is 5.10 Å². The van der Waals surface area contributed by atoms with Crippen LogP contribution in [0.25, 0.3) is 0 Å². The Bertz CT molecular complexity index is 814. The SMILES string of the molecule is C/C(=N/NC(=O)COc1ccc(C)c(C)c1)c1ccc([N+](=O)[O-])cc1. The molecule has 0 aromatic heterocycles. The highest BCUT2D eigenvalue weighted by molar-refractivity contribution is 5.99. The topological polar surface area (TPSA) is 93.8 Å². The molecule has 0 spiro atoms. The molecule has 0 saturated heterocycles. The summed E-state index contributed by atoms with van der Waals surface area (Å²) in [5, 5.41) is 14.6. The summed E-state index contributed by atoms with van der Waals surface area (Å²) in [6, 6.07) is 11.5. The molecule has 0 fully saturated rings. The molecule has 130 valence electrons. The van der Waals surface area contributed by atoms with Gasteiger partial charge >= 0.3 is 0 Å². The van der Waals surface area contributed by atoms with Crippen LogP contribution in [0.1, 0.15) is 23.6 Å². The standard InChI is InChI=1S/C18H19N3O4/c1-12-4-9-17(10-13(12)2)25-11-18(22)20-19-14(3)15-5-7-16(8-6-15)21(23)24/h4-10H,11H2,1-3H3,(H,20,22)/b19-14-. The van der Waals surface area contributed by atoms with E-state index >= 15 is 0 Å². The zero-order chi connectivity index (χ0) is 18.4. The lowest BCUT2D eigenvalue weighted by molar-refractivity contribution is -0.384. The third-order valence-corrected chi connectivity index (χ3v) is 3.69. The van der Waals surface area contributed by atoms with E-state index in [4.69, 9.17) is 4.74 Å². The maximum absolute atomic E-state index is 11.8. The number of nitro groups is 1. The summed E-state index contributed by atoms with van der Waals surface area (Å²) in [6.07, 6.45) is 0. The van der Waals surface area contributed by atoms with Crippen molar-refractivity contribution in [1.82, 2.24) is 5.43 Å². The molecule has 0 aliphatic rings. The lowest BCUT2D eigenvalue weighted by Gasteiger charge is -2.08. The number of hydrazone groups is 1. The van der Waals surface area contributed by atoms with Crippen molar-refractivity contribution in [2.45, 2.75) is 20.8 Å². The molecule has 0 radical (unpaired) electrons. The summed E-state index contributed by atoms with van der Waals surface area (Å²) in [7, 11) is 0. The van der Waals surface area contributed by atoms with E-state index in [-0.39, 0.29) is 18.2 Å². The summed E-state index contributed by atoms with van der Waals surface area (Å²) in [4.78, 5) is 22.0. The zero-order valence-electron chi connectivity index (χ0n) is 14.3. The first kappa shape index (κ1) is 18.1. The fourth-order valence-electron chi connectivity index (χ4n) is 2.02. The largest absolute Gasteiger partial charge is 0.484 e. The Hall–Kier alpha value is -3.22. The average molecular weight is 341 g/mol. The van der Waals surface area contributed by atoms with E-state index < -0.39 is 4.92 Å². The van der Waals surface area contributed by atoms with Crippen LogP contribution in [-0.4, -0.2) is 23.1 Å². The van der Waals surface area contributed by atoms with Crippen LogP contribution in [0.5, 0.6) is 5.75 Å². The second kappa shape index (κ2) is 8.05. The summed E-state index contributed by atoms with van der Waals surface area (Å²) in [5.41, 5.74) is 5.87. The second-order valence-corrected chi connectivity index (χ2v) is 5.57. The lowest BCUT2D eigenvalue weighted by atomic mass is 10.1. The van der Waals surface area contributed by atoms with Crippen LogP contribution in [0.3, 0.4) is 0 Å². The molecule has 1 amide bonds. The first-order valence-electron chi connectivity index (χ1n) is 7.65. The van der Waals surface area contributed by atoms with Crippen molar-refractivity contribution in [3.8, 4) is 5.75 Å². The predicted molar refractivity (Wildman–Crippen MR) is 94.9 cm³/mol. The summed E-state index contributed by atoms with van der Waals surface area (Å²) >= 11 is 0. The van der Waals surface area contributed by atoms with Gasteiger partial charge in [-0.15, -0.1) is 0 Å². The third-order valence-electron chi connectivity index (χ3n) is 3.69. The molecule has 0 atom stereocenters. The number of amides is 1. The number of rotatable bonds is 6. The fourth-order valence-corrected chi connectivity index (χ4v) is 2.02. The number of aryl methyl sites for hydroxylation is 2. The molecule has 7 nitrogen and oxygen atoms in total. The van der Waals surface area contributed by atoms with Gasteiger partial charge in [0.15, 0.2) is 6.61 Å². The van der Waals surface area contributed by atoms with E-state index in [0.29, 0.717) is 17.0 Å². The maximum Gasteiger partial charge on any atom is 0.277 e.